The van der Waals surface area contributed by atoms with Gasteiger partial charge in [0.05, 0.1) is 54.1 Å². The molecule has 1 N–H and O–H groups in total. The summed E-state index contributed by atoms with van der Waals surface area (Å²) in [6, 6.07) is 22.3. The number of nitrogens with zero attached hydrogens (tertiary/aromatic N) is 3. The van der Waals surface area contributed by atoms with Gasteiger partial charge in [0.25, 0.3) is 23.6 Å². The van der Waals surface area contributed by atoms with Crippen LogP contribution in [0, 0.1) is 0 Å². The lowest BCUT2D eigenvalue weighted by Crippen LogP contribution is -2.33. The fourth-order valence-electron chi connectivity index (χ4n) is 8.52. The number of carbonyl (C=O) groups excluding carboxylic acids is 6. The highest BCUT2D eigenvalue weighted by molar-refractivity contribution is 7.16. The zero-order valence-corrected chi connectivity index (χ0v) is 35.5. The summed E-state index contributed by atoms with van der Waals surface area (Å²) in [6.45, 7) is 7.59. The summed E-state index contributed by atoms with van der Waals surface area (Å²) in [5, 5.41) is 6.08. The molecule has 15 heteroatoms. The molecule has 5 aromatic rings. The Morgan fingerprint density at radius 1 is 0.661 bits per heavy atom. The lowest BCUT2D eigenvalue weighted by Gasteiger charge is -2.19. The minimum atomic E-state index is -0.686. The number of amides is 5. The molecule has 14 nitrogen and oxygen atoms in total. The Hall–Kier alpha value is -6.42. The van der Waals surface area contributed by atoms with Crippen molar-refractivity contribution in [2.75, 3.05) is 62.4 Å². The lowest BCUT2D eigenvalue weighted by molar-refractivity contribution is -0.137. The number of thiophene rings is 1. The molecule has 8 rings (SSSR count). The molecule has 1 aromatic heterocycles. The van der Waals surface area contributed by atoms with E-state index < -0.39 is 12.1 Å². The van der Waals surface area contributed by atoms with Gasteiger partial charge in [0.2, 0.25) is 0 Å². The van der Waals surface area contributed by atoms with Crippen LogP contribution in [-0.2, 0) is 23.9 Å². The maximum absolute atomic E-state index is 14.4. The first-order chi connectivity index (χ1) is 30.1. The molecule has 0 spiro atoms. The van der Waals surface area contributed by atoms with E-state index >= 15 is 0 Å². The number of fused-ring (bicyclic) bond motifs is 6. The Labute approximate surface area is 361 Å². The molecule has 0 saturated heterocycles. The van der Waals surface area contributed by atoms with E-state index in [1.165, 1.54) is 19.1 Å². The van der Waals surface area contributed by atoms with E-state index in [0.29, 0.717) is 45.7 Å². The van der Waals surface area contributed by atoms with Crippen LogP contribution in [0.15, 0.2) is 84.9 Å². The Kier molecular flexibility index (Phi) is 12.5. The normalized spacial score (nSPS) is 16.7. The van der Waals surface area contributed by atoms with Gasteiger partial charge in [0.1, 0.15) is 11.5 Å². The van der Waals surface area contributed by atoms with Crippen molar-refractivity contribution >= 4 is 79.9 Å². The molecule has 2 atom stereocenters. The molecular weight excluding hydrogens is 813 g/mol. The second kappa shape index (κ2) is 18.3. The predicted octanol–water partition coefficient (Wildman–Crippen LogP) is 7.33. The van der Waals surface area contributed by atoms with Gasteiger partial charge in [-0.25, -0.2) is 4.79 Å². The van der Waals surface area contributed by atoms with Crippen molar-refractivity contribution < 1.29 is 47.7 Å². The van der Waals surface area contributed by atoms with Crippen LogP contribution in [0.2, 0.25) is 0 Å². The summed E-state index contributed by atoms with van der Waals surface area (Å²) in [5.41, 5.74) is 3.38. The number of esters is 1. The van der Waals surface area contributed by atoms with Gasteiger partial charge in [-0.05, 0) is 46.9 Å². The van der Waals surface area contributed by atoms with Gasteiger partial charge in [-0.15, -0.1) is 11.3 Å². The Morgan fingerprint density at radius 3 is 1.65 bits per heavy atom. The lowest BCUT2D eigenvalue weighted by atomic mass is 9.93. The third-order valence-corrected chi connectivity index (χ3v) is 12.5. The van der Waals surface area contributed by atoms with Crippen molar-refractivity contribution in [3.63, 3.8) is 0 Å². The topological polar surface area (TPSA) is 161 Å². The smallest absolute Gasteiger partial charge is 0.412 e. The number of benzene rings is 4. The zero-order valence-electron chi connectivity index (χ0n) is 34.6. The third kappa shape index (κ3) is 8.30. The van der Waals surface area contributed by atoms with Crippen LogP contribution in [0.25, 0.3) is 21.5 Å². The van der Waals surface area contributed by atoms with Gasteiger partial charge >= 0.3 is 12.1 Å². The number of hydrogen-bond donors (Lipinski definition) is 1. The molecule has 0 aliphatic carbocycles. The minimum Gasteiger partial charge on any atom is -0.426 e. The van der Waals surface area contributed by atoms with Crippen LogP contribution in [0.4, 0.5) is 16.2 Å². The van der Waals surface area contributed by atoms with Crippen molar-refractivity contribution in [2.24, 2.45) is 0 Å². The maximum atomic E-state index is 14.4. The van der Waals surface area contributed by atoms with Crippen LogP contribution in [-0.4, -0.2) is 93.2 Å². The van der Waals surface area contributed by atoms with E-state index in [9.17, 15) is 28.8 Å². The van der Waals surface area contributed by atoms with E-state index in [1.807, 2.05) is 48.5 Å². The monoisotopic (exact) mass is 858 g/mol. The van der Waals surface area contributed by atoms with E-state index in [4.69, 9.17) is 18.9 Å². The first-order valence-electron chi connectivity index (χ1n) is 20.8. The number of rotatable bonds is 15. The molecule has 4 aromatic carbocycles. The summed E-state index contributed by atoms with van der Waals surface area (Å²) in [4.78, 5) is 82.5. The molecule has 0 saturated carbocycles. The van der Waals surface area contributed by atoms with Crippen molar-refractivity contribution in [1.29, 1.82) is 0 Å². The molecule has 0 radical (unpaired) electrons. The number of ether oxygens (including phenoxy) is 4. The van der Waals surface area contributed by atoms with Crippen molar-refractivity contribution in [2.45, 2.75) is 45.4 Å². The second-order valence-electron chi connectivity index (χ2n) is 15.2. The summed E-state index contributed by atoms with van der Waals surface area (Å²) in [7, 11) is 0. The standard InChI is InChI=1S/C47H46N4O10S/c1-4-29-26-50(35-24-37(60-28(3)52)31-10-6-8-12-33(31)43(29)35)45(55)39-14-15-40(62-39)46(56)51-27-30(5-2)44-34-13-9-7-11-32(34)38(25-36(44)51)61-47(57)48-18-20-58-22-23-59-21-19-49-41(53)16-17-42(49)54/h6-17,24-25,29-30H,4-5,18-23,26-27H2,1-3H3,(H,48,57)/t29-,30-/m1/s1. The number of carbonyl (C=O) groups is 6. The van der Waals surface area contributed by atoms with Gasteiger partial charge in [0.15, 0.2) is 0 Å². The molecule has 0 unspecified atom stereocenters. The van der Waals surface area contributed by atoms with E-state index in [2.05, 4.69) is 19.2 Å². The van der Waals surface area contributed by atoms with E-state index in [0.717, 1.165) is 61.8 Å². The van der Waals surface area contributed by atoms with Crippen LogP contribution in [0.3, 0.4) is 0 Å². The van der Waals surface area contributed by atoms with Crippen molar-refractivity contribution in [3.05, 3.63) is 106 Å². The number of imide groups is 1. The van der Waals surface area contributed by atoms with Crippen LogP contribution >= 0.6 is 11.3 Å². The highest BCUT2D eigenvalue weighted by Crippen LogP contribution is 2.49. The second-order valence-corrected chi connectivity index (χ2v) is 16.3. The number of anilines is 2. The van der Waals surface area contributed by atoms with Crippen LogP contribution in [0.5, 0.6) is 11.5 Å². The largest absolute Gasteiger partial charge is 0.426 e. The van der Waals surface area contributed by atoms with Gasteiger partial charge < -0.3 is 34.1 Å². The average Bonchev–Trinajstić information content (AvgIpc) is 4.07. The first kappa shape index (κ1) is 42.3. The summed E-state index contributed by atoms with van der Waals surface area (Å²) >= 11 is 1.14. The summed E-state index contributed by atoms with van der Waals surface area (Å²) in [5.74, 6) is -0.872. The summed E-state index contributed by atoms with van der Waals surface area (Å²) < 4.78 is 22.5. The Balaban J connectivity index is 0.946. The number of hydrogen-bond acceptors (Lipinski definition) is 11. The number of nitrogens with one attached hydrogen (secondary N) is 1. The summed E-state index contributed by atoms with van der Waals surface area (Å²) in [6.07, 6.45) is 3.34. The SMILES string of the molecule is CC[C@@H]1CN(C(=O)c2ccc(C(=O)N3C[C@@H](CC)c4c3cc(OC(=O)NCCOCCOCCN3C(=O)C=CC3=O)c3ccccc43)s2)c2cc(OC(C)=O)c3ccccc3c21. The average molecular weight is 859 g/mol. The molecule has 0 fully saturated rings. The van der Waals surface area contributed by atoms with Crippen molar-refractivity contribution in [1.82, 2.24) is 10.2 Å². The Morgan fingerprint density at radius 2 is 1.15 bits per heavy atom. The molecule has 0 bridgehead atoms. The van der Waals surface area contributed by atoms with Crippen LogP contribution in [0.1, 0.15) is 75.9 Å². The molecule has 3 aliphatic heterocycles. The fraction of sp³-hybridized carbons (Fsp3) is 0.319. The van der Waals surface area contributed by atoms with Crippen molar-refractivity contribution in [3.8, 4) is 11.5 Å². The maximum Gasteiger partial charge on any atom is 0.412 e. The molecule has 62 heavy (non-hydrogen) atoms. The quantitative estimate of drug-likeness (QED) is 0.0489. The molecular formula is C47H46N4O10S. The predicted molar refractivity (Wildman–Crippen MR) is 234 cm³/mol. The molecule has 4 heterocycles. The van der Waals surface area contributed by atoms with E-state index in [-0.39, 0.29) is 75.0 Å². The Bertz CT molecular complexity index is 2620. The molecule has 3 aliphatic rings. The van der Waals surface area contributed by atoms with Gasteiger partial charge in [-0.1, -0.05) is 62.4 Å². The van der Waals surface area contributed by atoms with E-state index in [1.54, 1.807) is 34.1 Å². The van der Waals surface area contributed by atoms with Crippen LogP contribution < -0.4 is 24.6 Å². The highest BCUT2D eigenvalue weighted by Gasteiger charge is 2.38. The molecule has 5 amide bonds. The first-order valence-corrected chi connectivity index (χ1v) is 21.6. The minimum absolute atomic E-state index is 0.0273. The third-order valence-electron chi connectivity index (χ3n) is 11.5. The van der Waals surface area contributed by atoms with Gasteiger partial charge in [0, 0.05) is 73.5 Å². The highest BCUT2D eigenvalue weighted by atomic mass is 32.1. The fourth-order valence-corrected chi connectivity index (χ4v) is 9.43. The van der Waals surface area contributed by atoms with Gasteiger partial charge in [-0.3, -0.25) is 28.9 Å². The zero-order chi connectivity index (χ0) is 43.5. The van der Waals surface area contributed by atoms with Gasteiger partial charge in [-0.2, -0.15) is 0 Å². The molecule has 320 valence electrons.